The van der Waals surface area contributed by atoms with Crippen molar-refractivity contribution < 1.29 is 4.79 Å². The first-order valence-electron chi connectivity index (χ1n) is 8.25. The van der Waals surface area contributed by atoms with Gasteiger partial charge in [-0.05, 0) is 54.3 Å². The molecule has 1 N–H and O–H groups in total. The van der Waals surface area contributed by atoms with E-state index in [2.05, 4.69) is 55.7 Å². The van der Waals surface area contributed by atoms with Crippen molar-refractivity contribution >= 4 is 17.2 Å². The molecule has 2 rings (SSSR count). The molecule has 2 aromatic rings. The lowest BCUT2D eigenvalue weighted by atomic mass is 10.0. The third-order valence-electron chi connectivity index (χ3n) is 3.68. The van der Waals surface area contributed by atoms with Gasteiger partial charge in [0.1, 0.15) is 0 Å². The van der Waals surface area contributed by atoms with Crippen LogP contribution in [0.15, 0.2) is 78.7 Å². The van der Waals surface area contributed by atoms with E-state index in [0.717, 1.165) is 10.4 Å². The third-order valence-corrected chi connectivity index (χ3v) is 4.81. The Morgan fingerprint density at radius 2 is 1.92 bits per heavy atom. The summed E-state index contributed by atoms with van der Waals surface area (Å²) in [6.45, 7) is 9.79. The third kappa shape index (κ3) is 5.18. The second kappa shape index (κ2) is 9.03. The average molecular weight is 349 g/mol. The standard InChI is InChI=1S/C22H23NOS/c1-5-7-9-19(8-6-2)23-22(24)21-15-14-20(25-21)18-12-10-17(11-13-18)16(3)4/h6-16H,1H2,2-4H3,(H,23,24)/b8-6-,19-9+. The molecule has 0 saturated heterocycles. The molecule has 0 atom stereocenters. The van der Waals surface area contributed by atoms with Gasteiger partial charge in [0.15, 0.2) is 0 Å². The molecule has 2 nitrogen and oxygen atoms in total. The summed E-state index contributed by atoms with van der Waals surface area (Å²) in [6.07, 6.45) is 7.15. The quantitative estimate of drug-likeness (QED) is 0.498. The zero-order valence-electron chi connectivity index (χ0n) is 14.9. The van der Waals surface area contributed by atoms with E-state index in [4.69, 9.17) is 0 Å². The number of carbonyl (C=O) groups excluding carboxylic acids is 1. The highest BCUT2D eigenvalue weighted by Gasteiger charge is 2.11. The smallest absolute Gasteiger partial charge is 0.265 e. The van der Waals surface area contributed by atoms with E-state index in [-0.39, 0.29) is 5.91 Å². The lowest BCUT2D eigenvalue weighted by molar-refractivity contribution is 0.0971. The van der Waals surface area contributed by atoms with Crippen molar-refractivity contribution in [1.29, 1.82) is 0 Å². The molecule has 1 heterocycles. The Hall–Kier alpha value is -2.61. The second-order valence-corrected chi connectivity index (χ2v) is 6.97. The zero-order valence-corrected chi connectivity index (χ0v) is 15.7. The van der Waals surface area contributed by atoms with Gasteiger partial charge in [-0.1, -0.05) is 50.8 Å². The van der Waals surface area contributed by atoms with Crippen molar-refractivity contribution in [1.82, 2.24) is 5.32 Å². The summed E-state index contributed by atoms with van der Waals surface area (Å²) in [5, 5.41) is 2.90. The molecule has 1 amide bonds. The molecule has 0 radical (unpaired) electrons. The van der Waals surface area contributed by atoms with E-state index in [1.807, 2.05) is 31.2 Å². The topological polar surface area (TPSA) is 29.1 Å². The van der Waals surface area contributed by atoms with Gasteiger partial charge in [0.2, 0.25) is 0 Å². The summed E-state index contributed by atoms with van der Waals surface area (Å²) >= 11 is 1.49. The Bertz CT molecular complexity index is 831. The highest BCUT2D eigenvalue weighted by molar-refractivity contribution is 7.17. The fourth-order valence-corrected chi connectivity index (χ4v) is 3.21. The summed E-state index contributed by atoms with van der Waals surface area (Å²) in [5.74, 6) is 0.400. The number of benzene rings is 1. The summed E-state index contributed by atoms with van der Waals surface area (Å²) in [6, 6.07) is 12.4. The van der Waals surface area contributed by atoms with Crippen LogP contribution in [-0.2, 0) is 0 Å². The van der Waals surface area contributed by atoms with E-state index in [1.165, 1.54) is 16.9 Å². The molecule has 0 saturated carbocycles. The molecule has 0 aliphatic rings. The number of rotatable bonds is 6. The molecule has 0 bridgehead atoms. The van der Waals surface area contributed by atoms with Crippen LogP contribution in [-0.4, -0.2) is 5.91 Å². The average Bonchev–Trinajstić information content (AvgIpc) is 3.10. The minimum Gasteiger partial charge on any atom is -0.321 e. The van der Waals surface area contributed by atoms with Gasteiger partial charge in [-0.2, -0.15) is 0 Å². The van der Waals surface area contributed by atoms with Gasteiger partial charge in [0.05, 0.1) is 4.88 Å². The number of thiophene rings is 1. The van der Waals surface area contributed by atoms with Crippen LogP contribution < -0.4 is 5.32 Å². The molecule has 1 aromatic heterocycles. The largest absolute Gasteiger partial charge is 0.321 e. The van der Waals surface area contributed by atoms with Crippen LogP contribution >= 0.6 is 11.3 Å². The molecule has 0 aliphatic carbocycles. The number of hydrogen-bond acceptors (Lipinski definition) is 2. The Morgan fingerprint density at radius 1 is 1.20 bits per heavy atom. The second-order valence-electron chi connectivity index (χ2n) is 5.89. The first-order chi connectivity index (χ1) is 12.0. The molecule has 0 spiro atoms. The number of hydrogen-bond donors (Lipinski definition) is 1. The molecule has 3 heteroatoms. The maximum absolute atomic E-state index is 12.5. The summed E-state index contributed by atoms with van der Waals surface area (Å²) < 4.78 is 0. The normalized spacial score (nSPS) is 11.6. The van der Waals surface area contributed by atoms with Crippen LogP contribution in [0.2, 0.25) is 0 Å². The van der Waals surface area contributed by atoms with E-state index < -0.39 is 0 Å². The fraction of sp³-hybridized carbons (Fsp3) is 0.182. The summed E-state index contributed by atoms with van der Waals surface area (Å²) in [4.78, 5) is 14.2. The molecule has 128 valence electrons. The molecule has 25 heavy (non-hydrogen) atoms. The Kier molecular flexibility index (Phi) is 6.76. The van der Waals surface area contributed by atoms with Crippen LogP contribution in [0.1, 0.15) is 41.9 Å². The van der Waals surface area contributed by atoms with Gasteiger partial charge in [-0.3, -0.25) is 4.79 Å². The van der Waals surface area contributed by atoms with Crippen molar-refractivity contribution in [3.8, 4) is 10.4 Å². The van der Waals surface area contributed by atoms with Gasteiger partial charge in [0, 0.05) is 10.6 Å². The monoisotopic (exact) mass is 349 g/mol. The first kappa shape index (κ1) is 18.7. The van der Waals surface area contributed by atoms with E-state index in [0.29, 0.717) is 16.5 Å². The maximum Gasteiger partial charge on any atom is 0.265 e. The molecule has 0 fully saturated rings. The summed E-state index contributed by atoms with van der Waals surface area (Å²) in [5.41, 5.74) is 5.83. The molecule has 0 unspecified atom stereocenters. The highest BCUT2D eigenvalue weighted by atomic mass is 32.1. The van der Waals surface area contributed by atoms with Crippen molar-refractivity contribution in [2.24, 2.45) is 0 Å². The predicted molar refractivity (Wildman–Crippen MR) is 108 cm³/mol. The van der Waals surface area contributed by atoms with Gasteiger partial charge < -0.3 is 5.32 Å². The van der Waals surface area contributed by atoms with Crippen molar-refractivity contribution in [2.45, 2.75) is 26.7 Å². The van der Waals surface area contributed by atoms with Crippen LogP contribution in [0.5, 0.6) is 0 Å². The number of amides is 1. The molecular weight excluding hydrogens is 326 g/mol. The lowest BCUT2D eigenvalue weighted by Gasteiger charge is -2.06. The van der Waals surface area contributed by atoms with Gasteiger partial charge >= 0.3 is 0 Å². The minimum absolute atomic E-state index is 0.114. The van der Waals surface area contributed by atoms with Gasteiger partial charge in [-0.25, -0.2) is 0 Å². The number of carbonyl (C=O) groups is 1. The Labute approximate surface area is 153 Å². The fourth-order valence-electron chi connectivity index (χ4n) is 2.31. The Balaban J connectivity index is 2.16. The number of nitrogens with one attached hydrogen (secondary N) is 1. The SMILES string of the molecule is C=C=C/C=C(\C=C/C)NC(=O)c1ccc(-c2ccc(C(C)C)cc2)s1. The highest BCUT2D eigenvalue weighted by Crippen LogP contribution is 2.29. The van der Waals surface area contributed by atoms with Crippen LogP contribution in [0.4, 0.5) is 0 Å². The maximum atomic E-state index is 12.5. The van der Waals surface area contributed by atoms with Crippen LogP contribution in [0.3, 0.4) is 0 Å². The molecular formula is C22H23NOS. The van der Waals surface area contributed by atoms with E-state index in [9.17, 15) is 4.79 Å². The van der Waals surface area contributed by atoms with Crippen LogP contribution in [0, 0.1) is 0 Å². The van der Waals surface area contributed by atoms with Crippen molar-refractivity contribution in [3.05, 3.63) is 89.2 Å². The van der Waals surface area contributed by atoms with Gasteiger partial charge in [0.25, 0.3) is 5.91 Å². The first-order valence-corrected chi connectivity index (χ1v) is 9.07. The zero-order chi connectivity index (χ0) is 18.2. The van der Waals surface area contributed by atoms with Crippen molar-refractivity contribution in [3.63, 3.8) is 0 Å². The Morgan fingerprint density at radius 3 is 2.52 bits per heavy atom. The van der Waals surface area contributed by atoms with Crippen LogP contribution in [0.25, 0.3) is 10.4 Å². The minimum atomic E-state index is -0.114. The number of allylic oxidation sites excluding steroid dienone is 4. The van der Waals surface area contributed by atoms with Gasteiger partial charge in [-0.15, -0.1) is 17.1 Å². The van der Waals surface area contributed by atoms with E-state index >= 15 is 0 Å². The lowest BCUT2D eigenvalue weighted by Crippen LogP contribution is -2.20. The molecule has 0 aliphatic heterocycles. The summed E-state index contributed by atoms with van der Waals surface area (Å²) in [7, 11) is 0. The van der Waals surface area contributed by atoms with Crippen molar-refractivity contribution in [2.75, 3.05) is 0 Å². The van der Waals surface area contributed by atoms with E-state index in [1.54, 1.807) is 12.2 Å². The predicted octanol–water partition coefficient (Wildman–Crippen LogP) is 6.07. The molecule has 1 aromatic carbocycles.